The maximum absolute atomic E-state index is 12.6. The lowest BCUT2D eigenvalue weighted by atomic mass is 9.96. The van der Waals surface area contributed by atoms with E-state index in [1.807, 2.05) is 54.6 Å². The lowest BCUT2D eigenvalue weighted by Gasteiger charge is -2.27. The second-order valence-corrected chi connectivity index (χ2v) is 6.93. The molecule has 0 aliphatic heterocycles. The molecule has 138 valence electrons. The number of nitrogens with one attached hydrogen (secondary N) is 1. The van der Waals surface area contributed by atoms with Gasteiger partial charge in [-0.25, -0.2) is 0 Å². The van der Waals surface area contributed by atoms with E-state index in [-0.39, 0.29) is 10.6 Å². The summed E-state index contributed by atoms with van der Waals surface area (Å²) in [6, 6.07) is 17.1. The van der Waals surface area contributed by atoms with Gasteiger partial charge in [-0.3, -0.25) is 4.79 Å². The first-order valence-corrected chi connectivity index (χ1v) is 9.42. The molecule has 0 atom stereocenters. The van der Waals surface area contributed by atoms with E-state index >= 15 is 0 Å². The van der Waals surface area contributed by atoms with Crippen LogP contribution in [0.4, 0.5) is 5.69 Å². The SMILES string of the molecule is O=c1c(Cl)c(NCc2ccccc2OC2CCC2)cnn1-c1ccccc1. The molecule has 0 amide bonds. The summed E-state index contributed by atoms with van der Waals surface area (Å²) in [5, 5.41) is 7.57. The molecule has 1 N–H and O–H groups in total. The van der Waals surface area contributed by atoms with Gasteiger partial charge in [-0.05, 0) is 37.5 Å². The van der Waals surface area contributed by atoms with E-state index in [1.165, 1.54) is 11.1 Å². The van der Waals surface area contributed by atoms with Crippen molar-refractivity contribution in [1.29, 1.82) is 0 Å². The summed E-state index contributed by atoms with van der Waals surface area (Å²) >= 11 is 6.30. The molecule has 0 spiro atoms. The van der Waals surface area contributed by atoms with Crippen molar-refractivity contribution in [3.63, 3.8) is 0 Å². The fourth-order valence-corrected chi connectivity index (χ4v) is 3.13. The van der Waals surface area contributed by atoms with Gasteiger partial charge in [0.05, 0.1) is 23.7 Å². The Labute approximate surface area is 162 Å². The average Bonchev–Trinajstić information content (AvgIpc) is 2.67. The molecule has 0 radical (unpaired) electrons. The summed E-state index contributed by atoms with van der Waals surface area (Å²) in [7, 11) is 0. The van der Waals surface area contributed by atoms with Crippen LogP contribution in [0, 0.1) is 0 Å². The summed E-state index contributed by atoms with van der Waals surface area (Å²) in [4.78, 5) is 12.6. The molecule has 1 saturated carbocycles. The van der Waals surface area contributed by atoms with Gasteiger partial charge in [0, 0.05) is 12.1 Å². The zero-order valence-corrected chi connectivity index (χ0v) is 15.5. The summed E-state index contributed by atoms with van der Waals surface area (Å²) in [6.45, 7) is 0.499. The number of anilines is 1. The Bertz CT molecular complexity index is 984. The summed E-state index contributed by atoms with van der Waals surface area (Å²) in [5.41, 5.74) is 1.85. The van der Waals surface area contributed by atoms with Crippen LogP contribution < -0.4 is 15.6 Å². The molecule has 5 nitrogen and oxygen atoms in total. The van der Waals surface area contributed by atoms with Gasteiger partial charge in [-0.1, -0.05) is 48.0 Å². The Morgan fingerprint density at radius 2 is 1.85 bits per heavy atom. The molecule has 4 rings (SSSR count). The van der Waals surface area contributed by atoms with Crippen LogP contribution >= 0.6 is 11.6 Å². The van der Waals surface area contributed by atoms with Crippen molar-refractivity contribution >= 4 is 17.3 Å². The van der Waals surface area contributed by atoms with Crippen LogP contribution in [0.5, 0.6) is 5.75 Å². The first-order valence-electron chi connectivity index (χ1n) is 9.04. The van der Waals surface area contributed by atoms with Crippen molar-refractivity contribution in [1.82, 2.24) is 9.78 Å². The molecule has 0 bridgehead atoms. The van der Waals surface area contributed by atoms with Crippen molar-refractivity contribution in [3.05, 3.63) is 81.7 Å². The van der Waals surface area contributed by atoms with Gasteiger partial charge < -0.3 is 10.1 Å². The van der Waals surface area contributed by atoms with Crippen molar-refractivity contribution in [2.45, 2.75) is 31.9 Å². The number of aromatic nitrogens is 2. The largest absolute Gasteiger partial charge is 0.490 e. The van der Waals surface area contributed by atoms with Crippen LogP contribution in [0.1, 0.15) is 24.8 Å². The Morgan fingerprint density at radius 1 is 1.11 bits per heavy atom. The Kier molecular flexibility index (Phi) is 5.12. The lowest BCUT2D eigenvalue weighted by molar-refractivity contribution is 0.119. The Hall–Kier alpha value is -2.79. The van der Waals surface area contributed by atoms with E-state index in [2.05, 4.69) is 10.4 Å². The number of rotatable bonds is 6. The van der Waals surface area contributed by atoms with Crippen molar-refractivity contribution in [2.24, 2.45) is 0 Å². The standard InChI is InChI=1S/C21H20ClN3O2/c22-20-18(14-24-25(21(20)26)16-8-2-1-3-9-16)23-13-15-7-4-5-12-19(15)27-17-10-6-11-17/h1-5,7-9,12,14,17,23H,6,10-11,13H2. The van der Waals surface area contributed by atoms with Gasteiger partial charge in [-0.15, -0.1) is 0 Å². The van der Waals surface area contributed by atoms with Crippen LogP contribution in [-0.2, 0) is 6.54 Å². The number of para-hydroxylation sites is 2. The molecule has 27 heavy (non-hydrogen) atoms. The highest BCUT2D eigenvalue weighted by molar-refractivity contribution is 6.32. The minimum atomic E-state index is -0.355. The highest BCUT2D eigenvalue weighted by Crippen LogP contribution is 2.28. The van der Waals surface area contributed by atoms with Crippen LogP contribution in [0.15, 0.2) is 65.6 Å². The molecule has 1 aliphatic carbocycles. The average molecular weight is 382 g/mol. The molecule has 1 fully saturated rings. The van der Waals surface area contributed by atoms with Gasteiger partial charge in [0.2, 0.25) is 0 Å². The number of halogens is 1. The maximum atomic E-state index is 12.6. The molecular weight excluding hydrogens is 362 g/mol. The number of ether oxygens (including phenoxy) is 1. The highest BCUT2D eigenvalue weighted by Gasteiger charge is 2.20. The minimum absolute atomic E-state index is 0.117. The Morgan fingerprint density at radius 3 is 2.59 bits per heavy atom. The summed E-state index contributed by atoms with van der Waals surface area (Å²) in [6.07, 6.45) is 5.33. The molecule has 1 heterocycles. The normalized spacial score (nSPS) is 13.8. The van der Waals surface area contributed by atoms with E-state index in [1.54, 1.807) is 6.20 Å². The van der Waals surface area contributed by atoms with Crippen molar-refractivity contribution in [2.75, 3.05) is 5.32 Å². The third-order valence-electron chi connectivity index (χ3n) is 4.71. The van der Waals surface area contributed by atoms with Crippen LogP contribution in [0.2, 0.25) is 5.02 Å². The Balaban J connectivity index is 1.52. The second-order valence-electron chi connectivity index (χ2n) is 6.56. The monoisotopic (exact) mass is 381 g/mol. The molecule has 1 aliphatic rings. The fraction of sp³-hybridized carbons (Fsp3) is 0.238. The van der Waals surface area contributed by atoms with Crippen LogP contribution in [0.25, 0.3) is 5.69 Å². The molecule has 2 aromatic carbocycles. The minimum Gasteiger partial charge on any atom is -0.490 e. The van der Waals surface area contributed by atoms with Crippen molar-refractivity contribution in [3.8, 4) is 11.4 Å². The summed E-state index contributed by atoms with van der Waals surface area (Å²) < 4.78 is 7.34. The molecular formula is C21H20ClN3O2. The third kappa shape index (κ3) is 3.83. The third-order valence-corrected chi connectivity index (χ3v) is 5.07. The quantitative estimate of drug-likeness (QED) is 0.686. The second kappa shape index (κ2) is 7.84. The first kappa shape index (κ1) is 17.6. The predicted octanol–water partition coefficient (Wildman–Crippen LogP) is 4.43. The lowest BCUT2D eigenvalue weighted by Crippen LogP contribution is -2.25. The number of hydrogen-bond donors (Lipinski definition) is 1. The number of nitrogens with zero attached hydrogens (tertiary/aromatic N) is 2. The fourth-order valence-electron chi connectivity index (χ4n) is 2.93. The topological polar surface area (TPSA) is 56.1 Å². The van der Waals surface area contributed by atoms with Gasteiger partial charge in [0.25, 0.3) is 5.56 Å². The highest BCUT2D eigenvalue weighted by atomic mass is 35.5. The van der Waals surface area contributed by atoms with E-state index in [0.29, 0.717) is 24.0 Å². The molecule has 6 heteroatoms. The maximum Gasteiger partial charge on any atom is 0.292 e. The molecule has 0 saturated heterocycles. The van der Waals surface area contributed by atoms with Crippen LogP contribution in [0.3, 0.4) is 0 Å². The van der Waals surface area contributed by atoms with Crippen LogP contribution in [-0.4, -0.2) is 15.9 Å². The predicted molar refractivity (Wildman–Crippen MR) is 107 cm³/mol. The van der Waals surface area contributed by atoms with Gasteiger partial charge >= 0.3 is 0 Å². The summed E-state index contributed by atoms with van der Waals surface area (Å²) in [5.74, 6) is 0.872. The number of hydrogen-bond acceptors (Lipinski definition) is 4. The van der Waals surface area contributed by atoms with Gasteiger partial charge in [0.1, 0.15) is 10.8 Å². The van der Waals surface area contributed by atoms with E-state index < -0.39 is 0 Å². The van der Waals surface area contributed by atoms with E-state index in [9.17, 15) is 4.79 Å². The molecule has 0 unspecified atom stereocenters. The zero-order valence-electron chi connectivity index (χ0n) is 14.8. The van der Waals surface area contributed by atoms with Crippen molar-refractivity contribution < 1.29 is 4.74 Å². The zero-order chi connectivity index (χ0) is 18.6. The first-order chi connectivity index (χ1) is 13.2. The van der Waals surface area contributed by atoms with E-state index in [4.69, 9.17) is 16.3 Å². The molecule has 3 aromatic rings. The molecule has 1 aromatic heterocycles. The van der Waals surface area contributed by atoms with Gasteiger partial charge in [-0.2, -0.15) is 9.78 Å². The van der Waals surface area contributed by atoms with E-state index in [0.717, 1.165) is 24.2 Å². The smallest absolute Gasteiger partial charge is 0.292 e. The number of benzene rings is 2. The van der Waals surface area contributed by atoms with Gasteiger partial charge in [0.15, 0.2) is 0 Å².